The zero-order valence-corrected chi connectivity index (χ0v) is 51.2. The minimum atomic E-state index is -0.564. The van der Waals surface area contributed by atoms with Gasteiger partial charge in [0.15, 0.2) is 11.5 Å². The number of carbonyl (C=O) groups is 3. The fourth-order valence-electron chi connectivity index (χ4n) is 9.97. The maximum atomic E-state index is 13.3. The molecule has 6 aromatic carbocycles. The summed E-state index contributed by atoms with van der Waals surface area (Å²) in [5.41, 5.74) is 3.83. The van der Waals surface area contributed by atoms with Gasteiger partial charge >= 0.3 is 17.9 Å². The molecule has 11 nitrogen and oxygen atoms in total. The number of benzene rings is 6. The third kappa shape index (κ3) is 26.5. The second-order valence-corrected chi connectivity index (χ2v) is 22.1. The zero-order chi connectivity index (χ0) is 59.8. The summed E-state index contributed by atoms with van der Waals surface area (Å²) in [6.07, 6.45) is 40.2. The number of unbranched alkanes of at least 4 members (excludes halogenated alkanes) is 26. The molecule has 0 heterocycles. The maximum Gasteiger partial charge on any atom is 0.343 e. The Kier molecular flexibility index (Phi) is 31.9. The minimum absolute atomic E-state index is 0.233. The lowest BCUT2D eigenvalue weighted by Crippen LogP contribution is -2.10. The SMILES string of the molecule is CCCCCCCCCCCCCCCCOc1ccc(C(=O)Oc2ccc(N=Cc3ccc(C(=O)Oc4cccc(C=Nc5ccc(OC(=O)c6ccc(OCCCCCCCCCCCCCCCC)cc6)cc5)c4OC)cc3)cc2)cc1. The molecule has 0 amide bonds. The quantitative estimate of drug-likeness (QED) is 0.0159. The van der Waals surface area contributed by atoms with Crippen LogP contribution in [-0.4, -0.2) is 50.7 Å². The van der Waals surface area contributed by atoms with Crippen molar-refractivity contribution >= 4 is 41.7 Å². The van der Waals surface area contributed by atoms with E-state index in [1.165, 1.54) is 168 Å². The molecule has 6 aromatic rings. The summed E-state index contributed by atoms with van der Waals surface area (Å²) in [5.74, 6) is 1.35. The van der Waals surface area contributed by atoms with Gasteiger partial charge in [-0.2, -0.15) is 0 Å². The van der Waals surface area contributed by atoms with Gasteiger partial charge < -0.3 is 28.4 Å². The highest BCUT2D eigenvalue weighted by Gasteiger charge is 2.16. The molecule has 454 valence electrons. The van der Waals surface area contributed by atoms with E-state index in [2.05, 4.69) is 23.8 Å². The van der Waals surface area contributed by atoms with Crippen molar-refractivity contribution in [1.29, 1.82) is 0 Å². The Morgan fingerprint density at radius 3 is 1.06 bits per heavy atom. The number of aliphatic imine (C=N–C) groups is 2. The van der Waals surface area contributed by atoms with Gasteiger partial charge in [0.25, 0.3) is 0 Å². The number of carbonyl (C=O) groups excluding carboxylic acids is 3. The van der Waals surface area contributed by atoms with E-state index in [-0.39, 0.29) is 5.75 Å². The van der Waals surface area contributed by atoms with Gasteiger partial charge in [0, 0.05) is 18.0 Å². The summed E-state index contributed by atoms with van der Waals surface area (Å²) in [6, 6.07) is 40.0. The lowest BCUT2D eigenvalue weighted by molar-refractivity contribution is 0.0722. The summed E-state index contributed by atoms with van der Waals surface area (Å²) >= 11 is 0. The van der Waals surface area contributed by atoms with Crippen LogP contribution in [-0.2, 0) is 0 Å². The van der Waals surface area contributed by atoms with Gasteiger partial charge in [-0.05, 0) is 140 Å². The van der Waals surface area contributed by atoms with Crippen LogP contribution in [0, 0.1) is 0 Å². The molecule has 0 spiro atoms. The first-order valence-electron chi connectivity index (χ1n) is 32.0. The molecule has 85 heavy (non-hydrogen) atoms. The smallest absolute Gasteiger partial charge is 0.343 e. The van der Waals surface area contributed by atoms with Gasteiger partial charge in [0.05, 0.1) is 48.4 Å². The van der Waals surface area contributed by atoms with Crippen molar-refractivity contribution in [3.8, 4) is 34.5 Å². The van der Waals surface area contributed by atoms with Crippen LogP contribution in [0.2, 0.25) is 0 Å². The zero-order valence-electron chi connectivity index (χ0n) is 51.2. The molecule has 0 aliphatic carbocycles. The molecule has 0 saturated heterocycles. The summed E-state index contributed by atoms with van der Waals surface area (Å²) in [4.78, 5) is 48.3. The average Bonchev–Trinajstić information content (AvgIpc) is 3.59. The van der Waals surface area contributed by atoms with Crippen molar-refractivity contribution in [3.05, 3.63) is 167 Å². The summed E-state index contributed by atoms with van der Waals surface area (Å²) in [7, 11) is 1.50. The van der Waals surface area contributed by atoms with Gasteiger partial charge in [-0.1, -0.05) is 199 Å². The maximum absolute atomic E-state index is 13.3. The van der Waals surface area contributed by atoms with Gasteiger partial charge in [0.2, 0.25) is 0 Å². The summed E-state index contributed by atoms with van der Waals surface area (Å²) in [5, 5.41) is 0. The van der Waals surface area contributed by atoms with Crippen LogP contribution in [0.15, 0.2) is 150 Å². The topological polar surface area (TPSA) is 131 Å². The molecule has 0 aromatic heterocycles. The average molecular weight is 1160 g/mol. The van der Waals surface area contributed by atoms with Gasteiger partial charge in [-0.15, -0.1) is 0 Å². The number of methoxy groups -OCH3 is 1. The first-order valence-corrected chi connectivity index (χ1v) is 32.0. The molecule has 0 unspecified atom stereocenters. The van der Waals surface area contributed by atoms with Crippen molar-refractivity contribution < 1.29 is 42.8 Å². The number of para-hydroxylation sites is 1. The van der Waals surface area contributed by atoms with E-state index in [0.29, 0.717) is 64.1 Å². The predicted molar refractivity (Wildman–Crippen MR) is 346 cm³/mol. The van der Waals surface area contributed by atoms with Gasteiger partial charge in [0.1, 0.15) is 23.0 Å². The van der Waals surface area contributed by atoms with Crippen LogP contribution in [0.25, 0.3) is 0 Å². The Morgan fingerprint density at radius 1 is 0.353 bits per heavy atom. The second-order valence-electron chi connectivity index (χ2n) is 22.1. The number of rotatable bonds is 43. The number of ether oxygens (including phenoxy) is 6. The highest BCUT2D eigenvalue weighted by Crippen LogP contribution is 2.32. The van der Waals surface area contributed by atoms with Crippen molar-refractivity contribution in [2.75, 3.05) is 20.3 Å². The minimum Gasteiger partial charge on any atom is -0.494 e. The summed E-state index contributed by atoms with van der Waals surface area (Å²) in [6.45, 7) is 5.87. The molecule has 0 N–H and O–H groups in total. The number of esters is 3. The predicted octanol–water partition coefficient (Wildman–Crippen LogP) is 20.6. The van der Waals surface area contributed by atoms with E-state index in [1.807, 2.05) is 12.1 Å². The van der Waals surface area contributed by atoms with Crippen LogP contribution in [0.1, 0.15) is 236 Å². The standard InChI is InChI=1S/C74H94N2O9/c1-4-6-8-10-12-14-16-18-20-22-24-26-28-30-55-81-66-47-39-61(40-48-66)72(77)83-68-51-43-64(44-52-68)75-57-59-35-37-60(38-36-59)74(79)85-70-34-32-33-63(71(70)80-3)58-76-65-45-53-69(54-46-65)84-73(78)62-41-49-67(50-42-62)82-56-31-29-27-25-23-21-19-17-15-13-11-9-7-5-2/h32-54,57-58H,4-31,55-56H2,1-3H3. The van der Waals surface area contributed by atoms with Crippen LogP contribution < -0.4 is 28.4 Å². The Bertz CT molecular complexity index is 2860. The van der Waals surface area contributed by atoms with E-state index in [0.717, 1.165) is 36.3 Å². The summed E-state index contributed by atoms with van der Waals surface area (Å²) < 4.78 is 34.6. The van der Waals surface area contributed by atoms with Crippen molar-refractivity contribution in [2.24, 2.45) is 9.98 Å². The van der Waals surface area contributed by atoms with Crippen molar-refractivity contribution in [2.45, 2.75) is 194 Å². The van der Waals surface area contributed by atoms with Crippen molar-refractivity contribution in [3.63, 3.8) is 0 Å². The molecule has 11 heteroatoms. The fourth-order valence-corrected chi connectivity index (χ4v) is 9.97. The normalized spacial score (nSPS) is 11.3. The third-order valence-electron chi connectivity index (χ3n) is 15.1. The Labute approximate surface area is 508 Å². The van der Waals surface area contributed by atoms with Crippen LogP contribution in [0.5, 0.6) is 34.5 Å². The fraction of sp³-hybridized carbons (Fsp3) is 0.446. The highest BCUT2D eigenvalue weighted by atomic mass is 16.6. The van der Waals surface area contributed by atoms with Crippen LogP contribution in [0.4, 0.5) is 11.4 Å². The largest absolute Gasteiger partial charge is 0.494 e. The molecular weight excluding hydrogens is 1060 g/mol. The number of nitrogens with zero attached hydrogens (tertiary/aromatic N) is 2. The first kappa shape index (κ1) is 66.6. The molecule has 0 radical (unpaired) electrons. The Balaban J connectivity index is 0.845. The van der Waals surface area contributed by atoms with E-state index < -0.39 is 17.9 Å². The lowest BCUT2D eigenvalue weighted by atomic mass is 10.0. The third-order valence-corrected chi connectivity index (χ3v) is 15.1. The van der Waals surface area contributed by atoms with E-state index in [1.54, 1.807) is 140 Å². The van der Waals surface area contributed by atoms with E-state index in [4.69, 9.17) is 28.4 Å². The first-order chi connectivity index (χ1) is 41.8. The van der Waals surface area contributed by atoms with Crippen LogP contribution >= 0.6 is 0 Å². The van der Waals surface area contributed by atoms with Gasteiger partial charge in [-0.25, -0.2) is 14.4 Å². The Hall–Kier alpha value is -7.53. The molecular formula is C74H94N2O9. The molecule has 0 aliphatic heterocycles. The monoisotopic (exact) mass is 1150 g/mol. The lowest BCUT2D eigenvalue weighted by Gasteiger charge is -2.11. The molecule has 0 saturated carbocycles. The van der Waals surface area contributed by atoms with Gasteiger partial charge in [-0.3, -0.25) is 9.98 Å². The molecule has 0 bridgehead atoms. The number of hydrogen-bond donors (Lipinski definition) is 0. The van der Waals surface area contributed by atoms with E-state index in [9.17, 15) is 14.4 Å². The van der Waals surface area contributed by atoms with E-state index >= 15 is 0 Å². The highest BCUT2D eigenvalue weighted by molar-refractivity contribution is 5.94. The number of hydrogen-bond acceptors (Lipinski definition) is 11. The second kappa shape index (κ2) is 40.7. The molecule has 0 atom stereocenters. The van der Waals surface area contributed by atoms with Crippen LogP contribution in [0.3, 0.4) is 0 Å². The Morgan fingerprint density at radius 2 is 0.682 bits per heavy atom. The molecule has 0 fully saturated rings. The molecule has 0 aliphatic rings. The van der Waals surface area contributed by atoms with Crippen molar-refractivity contribution in [1.82, 2.24) is 0 Å². The molecule has 6 rings (SSSR count).